The predicted molar refractivity (Wildman–Crippen MR) is 106 cm³/mol. The molecule has 28 heavy (non-hydrogen) atoms. The van der Waals surface area contributed by atoms with Gasteiger partial charge in [0.1, 0.15) is 5.75 Å². The second kappa shape index (κ2) is 7.56. The highest BCUT2D eigenvalue weighted by molar-refractivity contribution is 6.07. The lowest BCUT2D eigenvalue weighted by Gasteiger charge is -2.22. The molecule has 0 aliphatic carbocycles. The second-order valence-corrected chi connectivity index (χ2v) is 6.37. The zero-order valence-electron chi connectivity index (χ0n) is 15.4. The molecule has 5 heteroatoms. The molecule has 0 saturated heterocycles. The SMILES string of the molecule is CCOC(=O)c1ccc2c(c1)N(C(=O)c1ccccc1)Cc1ccccc1O2. The highest BCUT2D eigenvalue weighted by Crippen LogP contribution is 2.40. The quantitative estimate of drug-likeness (QED) is 0.618. The lowest BCUT2D eigenvalue weighted by atomic mass is 10.1. The van der Waals surface area contributed by atoms with Crippen molar-refractivity contribution >= 4 is 17.6 Å². The van der Waals surface area contributed by atoms with Crippen LogP contribution in [0.2, 0.25) is 0 Å². The minimum Gasteiger partial charge on any atom is -0.462 e. The van der Waals surface area contributed by atoms with Gasteiger partial charge >= 0.3 is 5.97 Å². The lowest BCUT2D eigenvalue weighted by Crippen LogP contribution is -2.30. The summed E-state index contributed by atoms with van der Waals surface area (Å²) < 4.78 is 11.2. The van der Waals surface area contributed by atoms with Crippen LogP contribution >= 0.6 is 0 Å². The van der Waals surface area contributed by atoms with E-state index >= 15 is 0 Å². The maximum atomic E-state index is 13.3. The minimum atomic E-state index is -0.431. The van der Waals surface area contributed by atoms with E-state index in [2.05, 4.69) is 0 Å². The van der Waals surface area contributed by atoms with Crippen molar-refractivity contribution in [3.8, 4) is 11.5 Å². The van der Waals surface area contributed by atoms with Crippen molar-refractivity contribution in [2.24, 2.45) is 0 Å². The van der Waals surface area contributed by atoms with Crippen molar-refractivity contribution in [1.82, 2.24) is 0 Å². The molecule has 1 aliphatic heterocycles. The van der Waals surface area contributed by atoms with Crippen LogP contribution in [-0.4, -0.2) is 18.5 Å². The number of anilines is 1. The van der Waals surface area contributed by atoms with Gasteiger partial charge < -0.3 is 14.4 Å². The molecule has 0 spiro atoms. The number of amides is 1. The number of fused-ring (bicyclic) bond motifs is 2. The fourth-order valence-corrected chi connectivity index (χ4v) is 3.18. The van der Waals surface area contributed by atoms with Crippen LogP contribution in [0, 0.1) is 0 Å². The predicted octanol–water partition coefficient (Wildman–Crippen LogP) is 4.82. The van der Waals surface area contributed by atoms with Crippen molar-refractivity contribution in [3.63, 3.8) is 0 Å². The molecular formula is C23H19NO4. The number of rotatable bonds is 3. The largest absolute Gasteiger partial charge is 0.462 e. The summed E-state index contributed by atoms with van der Waals surface area (Å²) >= 11 is 0. The number of hydrogen-bond acceptors (Lipinski definition) is 4. The molecular weight excluding hydrogens is 354 g/mol. The van der Waals surface area contributed by atoms with Crippen molar-refractivity contribution in [1.29, 1.82) is 0 Å². The molecule has 5 nitrogen and oxygen atoms in total. The van der Waals surface area contributed by atoms with Crippen LogP contribution in [0.4, 0.5) is 5.69 Å². The molecule has 4 rings (SSSR count). The molecule has 0 bridgehead atoms. The molecule has 140 valence electrons. The molecule has 1 aliphatic rings. The van der Waals surface area contributed by atoms with E-state index in [1.54, 1.807) is 42.2 Å². The Morgan fingerprint density at radius 3 is 2.46 bits per heavy atom. The first kappa shape index (κ1) is 17.8. The fourth-order valence-electron chi connectivity index (χ4n) is 3.18. The zero-order valence-corrected chi connectivity index (χ0v) is 15.4. The number of ether oxygens (including phenoxy) is 2. The number of esters is 1. The average molecular weight is 373 g/mol. The second-order valence-electron chi connectivity index (χ2n) is 6.37. The third-order valence-corrected chi connectivity index (χ3v) is 4.55. The molecule has 0 atom stereocenters. The van der Waals surface area contributed by atoms with Gasteiger partial charge in [0.25, 0.3) is 5.91 Å². The Morgan fingerprint density at radius 1 is 0.929 bits per heavy atom. The summed E-state index contributed by atoms with van der Waals surface area (Å²) in [6, 6.07) is 21.7. The Labute approximate surface area is 163 Å². The van der Waals surface area contributed by atoms with Crippen molar-refractivity contribution in [3.05, 3.63) is 89.5 Å². The normalized spacial score (nSPS) is 12.2. The summed E-state index contributed by atoms with van der Waals surface area (Å²) in [5, 5.41) is 0. The molecule has 0 unspecified atom stereocenters. The van der Waals surface area contributed by atoms with E-state index in [0.717, 1.165) is 5.56 Å². The highest BCUT2D eigenvalue weighted by atomic mass is 16.5. The minimum absolute atomic E-state index is 0.164. The van der Waals surface area contributed by atoms with Gasteiger partial charge in [-0.1, -0.05) is 36.4 Å². The number of benzene rings is 3. The summed E-state index contributed by atoms with van der Waals surface area (Å²) in [5.41, 5.74) is 2.37. The summed E-state index contributed by atoms with van der Waals surface area (Å²) in [6.07, 6.45) is 0. The van der Waals surface area contributed by atoms with Crippen LogP contribution in [0.25, 0.3) is 0 Å². The number of nitrogens with zero attached hydrogens (tertiary/aromatic N) is 1. The van der Waals surface area contributed by atoms with Gasteiger partial charge in [0, 0.05) is 11.1 Å². The monoisotopic (exact) mass is 373 g/mol. The van der Waals surface area contributed by atoms with E-state index in [9.17, 15) is 9.59 Å². The number of para-hydroxylation sites is 1. The molecule has 1 heterocycles. The summed E-state index contributed by atoms with van der Waals surface area (Å²) in [4.78, 5) is 27.1. The van der Waals surface area contributed by atoms with Crippen molar-refractivity contribution in [2.75, 3.05) is 11.5 Å². The van der Waals surface area contributed by atoms with E-state index < -0.39 is 5.97 Å². The van der Waals surface area contributed by atoms with Gasteiger partial charge in [0.2, 0.25) is 0 Å². The molecule has 0 N–H and O–H groups in total. The average Bonchev–Trinajstić information content (AvgIpc) is 2.90. The standard InChI is InChI=1S/C23H19NO4/c1-2-27-23(26)17-12-13-21-19(14-17)24(22(25)16-8-4-3-5-9-16)15-18-10-6-7-11-20(18)28-21/h3-14H,2,15H2,1H3. The van der Waals surface area contributed by atoms with Crippen molar-refractivity contribution in [2.45, 2.75) is 13.5 Å². The Balaban J connectivity index is 1.83. The van der Waals surface area contributed by atoms with Crippen molar-refractivity contribution < 1.29 is 19.1 Å². The first-order valence-corrected chi connectivity index (χ1v) is 9.11. The first-order valence-electron chi connectivity index (χ1n) is 9.11. The van der Waals surface area contributed by atoms with Gasteiger partial charge in [-0.05, 0) is 43.3 Å². The van der Waals surface area contributed by atoms with Crippen LogP contribution in [-0.2, 0) is 11.3 Å². The lowest BCUT2D eigenvalue weighted by molar-refractivity contribution is 0.0526. The Kier molecular flexibility index (Phi) is 4.81. The van der Waals surface area contributed by atoms with Gasteiger partial charge in [-0.25, -0.2) is 4.79 Å². The molecule has 0 fully saturated rings. The smallest absolute Gasteiger partial charge is 0.338 e. The molecule has 0 aromatic heterocycles. The first-order chi connectivity index (χ1) is 13.7. The van der Waals surface area contributed by atoms with E-state index in [4.69, 9.17) is 9.47 Å². The number of carbonyl (C=O) groups excluding carboxylic acids is 2. The van der Waals surface area contributed by atoms with E-state index in [1.165, 1.54) is 0 Å². The van der Waals surface area contributed by atoms with E-state index in [-0.39, 0.29) is 12.5 Å². The topological polar surface area (TPSA) is 55.8 Å². The molecule has 0 saturated carbocycles. The third-order valence-electron chi connectivity index (χ3n) is 4.55. The van der Waals surface area contributed by atoms with E-state index in [0.29, 0.717) is 34.9 Å². The molecule has 3 aromatic rings. The zero-order chi connectivity index (χ0) is 19.5. The highest BCUT2D eigenvalue weighted by Gasteiger charge is 2.27. The molecule has 3 aromatic carbocycles. The third kappa shape index (κ3) is 3.34. The maximum Gasteiger partial charge on any atom is 0.338 e. The van der Waals surface area contributed by atoms with Crippen LogP contribution in [0.3, 0.4) is 0 Å². The van der Waals surface area contributed by atoms with Gasteiger partial charge in [-0.15, -0.1) is 0 Å². The summed E-state index contributed by atoms with van der Waals surface area (Å²) in [6.45, 7) is 2.38. The number of carbonyl (C=O) groups is 2. The Bertz CT molecular complexity index is 1030. The van der Waals surface area contributed by atoms with Gasteiger partial charge in [-0.3, -0.25) is 4.79 Å². The summed E-state index contributed by atoms with van der Waals surface area (Å²) in [7, 11) is 0. The van der Waals surface area contributed by atoms with Gasteiger partial charge in [0.15, 0.2) is 5.75 Å². The van der Waals surface area contributed by atoms with Crippen LogP contribution in [0.5, 0.6) is 11.5 Å². The van der Waals surface area contributed by atoms with Gasteiger partial charge in [0.05, 0.1) is 24.4 Å². The Morgan fingerprint density at radius 2 is 1.68 bits per heavy atom. The fraction of sp³-hybridized carbons (Fsp3) is 0.130. The summed E-state index contributed by atoms with van der Waals surface area (Å²) in [5.74, 6) is 0.612. The molecule has 1 amide bonds. The van der Waals surface area contributed by atoms with Crippen LogP contribution in [0.15, 0.2) is 72.8 Å². The maximum absolute atomic E-state index is 13.3. The Hall–Kier alpha value is -3.60. The van der Waals surface area contributed by atoms with E-state index in [1.807, 2.05) is 42.5 Å². The number of hydrogen-bond donors (Lipinski definition) is 0. The van der Waals surface area contributed by atoms with Crippen LogP contribution in [0.1, 0.15) is 33.2 Å². The molecule has 0 radical (unpaired) electrons. The van der Waals surface area contributed by atoms with Gasteiger partial charge in [-0.2, -0.15) is 0 Å². The van der Waals surface area contributed by atoms with Crippen LogP contribution < -0.4 is 9.64 Å².